The van der Waals surface area contributed by atoms with Crippen LogP contribution in [-0.2, 0) is 14.3 Å². The highest BCUT2D eigenvalue weighted by molar-refractivity contribution is 7.99. The Morgan fingerprint density at radius 1 is 1.11 bits per heavy atom. The van der Waals surface area contributed by atoms with Crippen molar-refractivity contribution in [3.05, 3.63) is 0 Å². The lowest BCUT2D eigenvalue weighted by Gasteiger charge is -2.22. The van der Waals surface area contributed by atoms with Crippen LogP contribution in [0.1, 0.15) is 40.5 Å². The van der Waals surface area contributed by atoms with Gasteiger partial charge < -0.3 is 4.74 Å². The molecule has 0 aliphatic rings. The van der Waals surface area contributed by atoms with Crippen molar-refractivity contribution in [3.8, 4) is 0 Å². The summed E-state index contributed by atoms with van der Waals surface area (Å²) in [6, 6.07) is 0. The lowest BCUT2D eigenvalue weighted by molar-refractivity contribution is -0.152. The molecule has 0 saturated heterocycles. The first-order valence-corrected chi connectivity index (χ1v) is 9.19. The Balaban J connectivity index is 4.23. The molecule has 0 rings (SSSR count). The summed E-state index contributed by atoms with van der Waals surface area (Å²) in [5.74, 6) is 3.47. The average Bonchev–Trinajstić information content (AvgIpc) is 2.37. The van der Waals surface area contributed by atoms with E-state index in [0.717, 1.165) is 29.4 Å². The number of carbonyl (C=O) groups is 2. The van der Waals surface area contributed by atoms with Crippen LogP contribution in [0.3, 0.4) is 0 Å². The van der Waals surface area contributed by atoms with Crippen molar-refractivity contribution in [3.63, 3.8) is 0 Å². The predicted molar refractivity (Wildman–Crippen MR) is 85.0 cm³/mol. The summed E-state index contributed by atoms with van der Waals surface area (Å²) in [5, 5.41) is 0. The van der Waals surface area contributed by atoms with E-state index >= 15 is 0 Å². The average molecular weight is 306 g/mol. The van der Waals surface area contributed by atoms with Gasteiger partial charge in [0.05, 0.1) is 12.3 Å². The second-order valence-corrected chi connectivity index (χ2v) is 7.15. The summed E-state index contributed by atoms with van der Waals surface area (Å²) < 4.78 is 5.48. The Hall–Kier alpha value is -0.160. The Bertz CT molecular complexity index is 269. The highest BCUT2D eigenvalue weighted by Crippen LogP contribution is 2.17. The van der Waals surface area contributed by atoms with Crippen LogP contribution in [0.15, 0.2) is 0 Å². The molecule has 0 spiro atoms. The topological polar surface area (TPSA) is 43.4 Å². The first-order chi connectivity index (χ1) is 9.02. The fourth-order valence-electron chi connectivity index (χ4n) is 1.54. The van der Waals surface area contributed by atoms with Crippen molar-refractivity contribution >= 4 is 35.3 Å². The van der Waals surface area contributed by atoms with Crippen LogP contribution in [0.4, 0.5) is 0 Å². The van der Waals surface area contributed by atoms with Crippen LogP contribution in [0.25, 0.3) is 0 Å². The standard InChI is InChI=1S/C14H26O3S2/c1-5-18-9-7-13(11(3)12(4)15)17-14(16)8-10-19-6-2/h11,13H,5-10H2,1-4H3. The van der Waals surface area contributed by atoms with E-state index in [1.165, 1.54) is 0 Å². The summed E-state index contributed by atoms with van der Waals surface area (Å²) in [7, 11) is 0. The van der Waals surface area contributed by atoms with Crippen molar-refractivity contribution in [2.24, 2.45) is 5.92 Å². The van der Waals surface area contributed by atoms with Crippen molar-refractivity contribution in [1.29, 1.82) is 0 Å². The maximum atomic E-state index is 11.7. The molecule has 0 bridgehead atoms. The minimum atomic E-state index is -0.268. The maximum absolute atomic E-state index is 11.7. The number of thioether (sulfide) groups is 2. The minimum absolute atomic E-state index is 0.0854. The van der Waals surface area contributed by atoms with Gasteiger partial charge >= 0.3 is 5.97 Å². The molecule has 0 saturated carbocycles. The van der Waals surface area contributed by atoms with E-state index in [1.807, 2.05) is 18.7 Å². The molecule has 0 aromatic rings. The zero-order valence-electron chi connectivity index (χ0n) is 12.4. The van der Waals surface area contributed by atoms with Gasteiger partial charge in [-0.2, -0.15) is 23.5 Å². The van der Waals surface area contributed by atoms with Gasteiger partial charge in [0.2, 0.25) is 0 Å². The SMILES string of the molecule is CCSCCC(=O)OC(CCSCC)C(C)C(C)=O. The highest BCUT2D eigenvalue weighted by atomic mass is 32.2. The zero-order valence-corrected chi connectivity index (χ0v) is 14.1. The molecule has 2 unspecified atom stereocenters. The van der Waals surface area contributed by atoms with Gasteiger partial charge in [0.1, 0.15) is 11.9 Å². The second-order valence-electron chi connectivity index (χ2n) is 4.36. The molecule has 0 N–H and O–H groups in total. The third-order valence-corrected chi connectivity index (χ3v) is 4.72. The molecule has 0 fully saturated rings. The van der Waals surface area contributed by atoms with Gasteiger partial charge in [0.15, 0.2) is 0 Å². The van der Waals surface area contributed by atoms with Crippen molar-refractivity contribution in [1.82, 2.24) is 0 Å². The van der Waals surface area contributed by atoms with E-state index in [2.05, 4.69) is 13.8 Å². The van der Waals surface area contributed by atoms with Crippen molar-refractivity contribution in [2.45, 2.75) is 46.6 Å². The zero-order chi connectivity index (χ0) is 14.7. The first kappa shape index (κ1) is 18.8. The van der Waals surface area contributed by atoms with Gasteiger partial charge in [0.25, 0.3) is 0 Å². The maximum Gasteiger partial charge on any atom is 0.306 e. The van der Waals surface area contributed by atoms with Crippen LogP contribution in [0, 0.1) is 5.92 Å². The molecule has 3 nitrogen and oxygen atoms in total. The van der Waals surface area contributed by atoms with Crippen LogP contribution >= 0.6 is 23.5 Å². The van der Waals surface area contributed by atoms with Gasteiger partial charge in [-0.1, -0.05) is 20.8 Å². The Kier molecular flexibility index (Phi) is 11.6. The number of esters is 1. The van der Waals surface area contributed by atoms with Crippen molar-refractivity contribution < 1.29 is 14.3 Å². The number of Topliss-reactive ketones (excluding diaryl/α,β-unsaturated/α-hetero) is 1. The number of ether oxygens (including phenoxy) is 1. The fourth-order valence-corrected chi connectivity index (χ4v) is 2.83. The van der Waals surface area contributed by atoms with Crippen LogP contribution in [-0.4, -0.2) is 40.9 Å². The Morgan fingerprint density at radius 3 is 2.21 bits per heavy atom. The number of carbonyl (C=O) groups excluding carboxylic acids is 2. The van der Waals surface area contributed by atoms with Gasteiger partial charge in [-0.15, -0.1) is 0 Å². The van der Waals surface area contributed by atoms with Crippen LogP contribution < -0.4 is 0 Å². The lowest BCUT2D eigenvalue weighted by Crippen LogP contribution is -2.30. The molecule has 112 valence electrons. The van der Waals surface area contributed by atoms with Gasteiger partial charge in [-0.25, -0.2) is 0 Å². The lowest BCUT2D eigenvalue weighted by atomic mass is 9.98. The Labute approximate surface area is 125 Å². The molecular formula is C14H26O3S2. The molecule has 19 heavy (non-hydrogen) atoms. The van der Waals surface area contributed by atoms with E-state index in [-0.39, 0.29) is 23.8 Å². The fraction of sp³-hybridized carbons (Fsp3) is 0.857. The molecule has 0 amide bonds. The van der Waals surface area contributed by atoms with E-state index < -0.39 is 0 Å². The molecule has 0 aliphatic carbocycles. The minimum Gasteiger partial charge on any atom is -0.462 e. The van der Waals surface area contributed by atoms with Gasteiger partial charge in [-0.05, 0) is 30.6 Å². The molecule has 0 radical (unpaired) electrons. The number of ketones is 1. The summed E-state index contributed by atoms with van der Waals surface area (Å²) in [6.45, 7) is 7.57. The first-order valence-electron chi connectivity index (χ1n) is 6.88. The molecule has 0 aliphatic heterocycles. The number of hydrogen-bond acceptors (Lipinski definition) is 5. The third kappa shape index (κ3) is 9.38. The molecular weight excluding hydrogens is 280 g/mol. The summed E-state index contributed by atoms with van der Waals surface area (Å²) in [6.07, 6.45) is 0.919. The normalized spacial score (nSPS) is 13.9. The van der Waals surface area contributed by atoms with Crippen LogP contribution in [0.2, 0.25) is 0 Å². The summed E-state index contributed by atoms with van der Waals surface area (Å²) in [4.78, 5) is 23.2. The van der Waals surface area contributed by atoms with E-state index in [4.69, 9.17) is 4.74 Å². The predicted octanol–water partition coefficient (Wildman–Crippen LogP) is 3.41. The highest BCUT2D eigenvalue weighted by Gasteiger charge is 2.24. The second kappa shape index (κ2) is 11.6. The number of hydrogen-bond donors (Lipinski definition) is 0. The smallest absolute Gasteiger partial charge is 0.306 e. The third-order valence-electron chi connectivity index (χ3n) is 2.89. The molecule has 2 atom stereocenters. The van der Waals surface area contributed by atoms with Crippen molar-refractivity contribution in [2.75, 3.05) is 23.0 Å². The van der Waals surface area contributed by atoms with E-state index in [1.54, 1.807) is 18.7 Å². The number of rotatable bonds is 11. The molecule has 0 heterocycles. The van der Waals surface area contributed by atoms with E-state index in [9.17, 15) is 9.59 Å². The summed E-state index contributed by atoms with van der Waals surface area (Å²) in [5.41, 5.74) is 0. The largest absolute Gasteiger partial charge is 0.462 e. The molecule has 0 aromatic heterocycles. The van der Waals surface area contributed by atoms with Gasteiger partial charge in [0, 0.05) is 5.75 Å². The van der Waals surface area contributed by atoms with Crippen LogP contribution in [0.5, 0.6) is 0 Å². The molecule has 5 heteroatoms. The summed E-state index contributed by atoms with van der Waals surface area (Å²) >= 11 is 3.54. The Morgan fingerprint density at radius 2 is 1.68 bits per heavy atom. The van der Waals surface area contributed by atoms with Gasteiger partial charge in [-0.3, -0.25) is 9.59 Å². The quantitative estimate of drug-likeness (QED) is 0.432. The monoisotopic (exact) mass is 306 g/mol. The van der Waals surface area contributed by atoms with E-state index in [0.29, 0.717) is 6.42 Å². The molecule has 0 aromatic carbocycles.